The number of carbonyl (C=O) groups excluding carboxylic acids is 1. The first-order chi connectivity index (χ1) is 16.0. The molecule has 0 saturated heterocycles. The Morgan fingerprint density at radius 2 is 1.91 bits per heavy atom. The van der Waals surface area contributed by atoms with Gasteiger partial charge in [-0.3, -0.25) is 9.36 Å². The van der Waals surface area contributed by atoms with Gasteiger partial charge in [-0.15, -0.1) is 0 Å². The van der Waals surface area contributed by atoms with Crippen molar-refractivity contribution in [2.45, 2.75) is 12.1 Å². The predicted octanol–water partition coefficient (Wildman–Crippen LogP) is 5.96. The highest BCUT2D eigenvalue weighted by atomic mass is 35.5. The van der Waals surface area contributed by atoms with Crippen molar-refractivity contribution in [2.75, 3.05) is 17.9 Å². The van der Waals surface area contributed by atoms with Crippen LogP contribution in [0.3, 0.4) is 0 Å². The maximum Gasteiger partial charge on any atom is 0.234 e. The number of anilines is 1. The molecule has 1 aromatic heterocycles. The van der Waals surface area contributed by atoms with Crippen LogP contribution in [0.25, 0.3) is 16.9 Å². The zero-order valence-corrected chi connectivity index (χ0v) is 19.3. The molecule has 0 saturated carbocycles. The average molecular weight is 478 g/mol. The number of thioether (sulfide) groups is 1. The van der Waals surface area contributed by atoms with Gasteiger partial charge in [-0.05, 0) is 55.5 Å². The summed E-state index contributed by atoms with van der Waals surface area (Å²) in [5.74, 6) is 1.52. The van der Waals surface area contributed by atoms with Gasteiger partial charge in [-0.25, -0.2) is 4.98 Å². The Morgan fingerprint density at radius 3 is 2.73 bits per heavy atom. The minimum absolute atomic E-state index is 0.103. The van der Waals surface area contributed by atoms with Gasteiger partial charge in [-0.1, -0.05) is 47.1 Å². The molecular weight excluding hydrogens is 458 g/mol. The summed E-state index contributed by atoms with van der Waals surface area (Å²) in [7, 11) is 0. The normalized spacial score (nSPS) is 12.1. The van der Waals surface area contributed by atoms with Crippen molar-refractivity contribution in [3.05, 3.63) is 83.5 Å². The van der Waals surface area contributed by atoms with Gasteiger partial charge < -0.3 is 14.8 Å². The molecule has 0 fully saturated rings. The first-order valence-corrected chi connectivity index (χ1v) is 11.7. The van der Waals surface area contributed by atoms with Crippen LogP contribution >= 0.6 is 23.4 Å². The standard InChI is InChI=1S/C25H20ClN3O3S/c1-16-5-8-19(9-6-16)27-24(30)14-33-25-28-21(13-29(25)20-4-2-3-18(26)12-20)17-7-10-22-23(11-17)32-15-31-22/h2-13H,14-15H2,1H3,(H,27,30). The minimum atomic E-state index is -0.103. The van der Waals surface area contributed by atoms with E-state index in [2.05, 4.69) is 5.32 Å². The number of imidazole rings is 1. The highest BCUT2D eigenvalue weighted by molar-refractivity contribution is 7.99. The summed E-state index contributed by atoms with van der Waals surface area (Å²) in [6, 6.07) is 21.0. The van der Waals surface area contributed by atoms with Crippen LogP contribution in [-0.4, -0.2) is 28.0 Å². The van der Waals surface area contributed by atoms with E-state index in [0.29, 0.717) is 15.9 Å². The van der Waals surface area contributed by atoms with Crippen LogP contribution in [0.4, 0.5) is 5.69 Å². The highest BCUT2D eigenvalue weighted by Gasteiger charge is 2.18. The maximum atomic E-state index is 12.6. The third-order valence-corrected chi connectivity index (χ3v) is 6.28. The molecule has 4 aromatic rings. The van der Waals surface area contributed by atoms with Crippen LogP contribution in [0.1, 0.15) is 5.56 Å². The second-order valence-corrected chi connectivity index (χ2v) is 8.91. The van der Waals surface area contributed by atoms with Gasteiger partial charge >= 0.3 is 0 Å². The Balaban J connectivity index is 1.41. The summed E-state index contributed by atoms with van der Waals surface area (Å²) < 4.78 is 12.9. The maximum absolute atomic E-state index is 12.6. The molecule has 0 aliphatic carbocycles. The number of hydrogen-bond acceptors (Lipinski definition) is 5. The molecule has 1 aliphatic heterocycles. The fourth-order valence-electron chi connectivity index (χ4n) is 3.44. The van der Waals surface area contributed by atoms with E-state index in [4.69, 9.17) is 26.1 Å². The molecule has 166 valence electrons. The Morgan fingerprint density at radius 1 is 1.09 bits per heavy atom. The third kappa shape index (κ3) is 4.84. The van der Waals surface area contributed by atoms with Gasteiger partial charge in [-0.2, -0.15) is 0 Å². The van der Waals surface area contributed by atoms with Crippen molar-refractivity contribution in [3.8, 4) is 28.4 Å². The van der Waals surface area contributed by atoms with E-state index in [-0.39, 0.29) is 18.5 Å². The third-order valence-electron chi connectivity index (χ3n) is 5.10. The molecule has 0 radical (unpaired) electrons. The number of nitrogens with one attached hydrogen (secondary N) is 1. The Kier molecular flexibility index (Phi) is 5.98. The summed E-state index contributed by atoms with van der Waals surface area (Å²) in [4.78, 5) is 17.4. The van der Waals surface area contributed by atoms with Crippen molar-refractivity contribution >= 4 is 35.0 Å². The smallest absolute Gasteiger partial charge is 0.234 e. The summed E-state index contributed by atoms with van der Waals surface area (Å²) >= 11 is 7.59. The lowest BCUT2D eigenvalue weighted by molar-refractivity contribution is -0.113. The zero-order valence-electron chi connectivity index (χ0n) is 17.7. The monoisotopic (exact) mass is 477 g/mol. The van der Waals surface area contributed by atoms with E-state index < -0.39 is 0 Å². The number of benzene rings is 3. The molecular formula is C25H20ClN3O3S. The lowest BCUT2D eigenvalue weighted by atomic mass is 10.1. The van der Waals surface area contributed by atoms with Gasteiger partial charge in [0, 0.05) is 28.2 Å². The number of hydrogen-bond donors (Lipinski definition) is 1. The van der Waals surface area contributed by atoms with Crippen molar-refractivity contribution in [1.82, 2.24) is 9.55 Å². The molecule has 5 rings (SSSR count). The predicted molar refractivity (Wildman–Crippen MR) is 131 cm³/mol. The van der Waals surface area contributed by atoms with Gasteiger partial charge in [0.05, 0.1) is 11.4 Å². The van der Waals surface area contributed by atoms with Crippen LogP contribution < -0.4 is 14.8 Å². The molecule has 0 atom stereocenters. The highest BCUT2D eigenvalue weighted by Crippen LogP contribution is 2.36. The molecule has 1 N–H and O–H groups in total. The Hall–Kier alpha value is -3.42. The fourth-order valence-corrected chi connectivity index (χ4v) is 4.41. The number of aryl methyl sites for hydroxylation is 1. The lowest BCUT2D eigenvalue weighted by Gasteiger charge is -2.08. The van der Waals surface area contributed by atoms with Crippen molar-refractivity contribution in [1.29, 1.82) is 0 Å². The SMILES string of the molecule is Cc1ccc(NC(=O)CSc2nc(-c3ccc4c(c3)OCO4)cn2-c2cccc(Cl)c2)cc1. The largest absolute Gasteiger partial charge is 0.454 e. The first kappa shape index (κ1) is 21.4. The quantitative estimate of drug-likeness (QED) is 0.347. The van der Waals surface area contributed by atoms with Crippen molar-refractivity contribution in [2.24, 2.45) is 0 Å². The number of nitrogens with zero attached hydrogens (tertiary/aromatic N) is 2. The zero-order chi connectivity index (χ0) is 22.8. The van der Waals surface area contributed by atoms with Crippen LogP contribution in [-0.2, 0) is 4.79 Å². The topological polar surface area (TPSA) is 65.4 Å². The van der Waals surface area contributed by atoms with Crippen LogP contribution in [0.2, 0.25) is 5.02 Å². The van der Waals surface area contributed by atoms with Crippen molar-refractivity contribution in [3.63, 3.8) is 0 Å². The van der Waals surface area contributed by atoms with Gasteiger partial charge in [0.15, 0.2) is 16.7 Å². The van der Waals surface area contributed by atoms with E-state index in [1.807, 2.05) is 84.4 Å². The molecule has 0 bridgehead atoms. The molecule has 3 aromatic carbocycles. The summed E-state index contributed by atoms with van der Waals surface area (Å²) in [6.07, 6.45) is 1.93. The molecule has 1 amide bonds. The Bertz CT molecular complexity index is 1320. The second-order valence-electron chi connectivity index (χ2n) is 7.53. The van der Waals surface area contributed by atoms with E-state index in [0.717, 1.165) is 33.9 Å². The molecule has 6 nitrogen and oxygen atoms in total. The average Bonchev–Trinajstić information content (AvgIpc) is 3.46. The number of ether oxygens (including phenoxy) is 2. The van der Waals surface area contributed by atoms with E-state index in [9.17, 15) is 4.79 Å². The molecule has 2 heterocycles. The molecule has 0 unspecified atom stereocenters. The Labute approximate surface area is 200 Å². The number of halogens is 1. The van der Waals surface area contributed by atoms with Gasteiger partial charge in [0.25, 0.3) is 0 Å². The van der Waals surface area contributed by atoms with E-state index in [1.165, 1.54) is 11.8 Å². The lowest BCUT2D eigenvalue weighted by Crippen LogP contribution is -2.14. The van der Waals surface area contributed by atoms with Gasteiger partial charge in [0.2, 0.25) is 12.7 Å². The summed E-state index contributed by atoms with van der Waals surface area (Å²) in [6.45, 7) is 2.22. The van der Waals surface area contributed by atoms with E-state index >= 15 is 0 Å². The summed E-state index contributed by atoms with van der Waals surface area (Å²) in [5.41, 5.74) is 4.43. The fraction of sp³-hybridized carbons (Fsp3) is 0.120. The second kappa shape index (κ2) is 9.21. The number of fused-ring (bicyclic) bond motifs is 1. The van der Waals surface area contributed by atoms with Crippen molar-refractivity contribution < 1.29 is 14.3 Å². The van der Waals surface area contributed by atoms with Crippen LogP contribution in [0.15, 0.2) is 78.1 Å². The minimum Gasteiger partial charge on any atom is -0.454 e. The van der Waals surface area contributed by atoms with Crippen LogP contribution in [0.5, 0.6) is 11.5 Å². The molecule has 8 heteroatoms. The molecule has 1 aliphatic rings. The molecule has 0 spiro atoms. The number of carbonyl (C=O) groups is 1. The van der Waals surface area contributed by atoms with Gasteiger partial charge in [0.1, 0.15) is 0 Å². The number of aromatic nitrogens is 2. The first-order valence-electron chi connectivity index (χ1n) is 10.3. The summed E-state index contributed by atoms with van der Waals surface area (Å²) in [5, 5.41) is 4.23. The number of rotatable bonds is 6. The van der Waals surface area contributed by atoms with Crippen LogP contribution in [0, 0.1) is 6.92 Å². The molecule has 33 heavy (non-hydrogen) atoms. The van der Waals surface area contributed by atoms with E-state index in [1.54, 1.807) is 0 Å². The number of amides is 1.